The van der Waals surface area contributed by atoms with Crippen LogP contribution in [0.5, 0.6) is 5.88 Å². The number of hydrogen-bond acceptors (Lipinski definition) is 5. The van der Waals surface area contributed by atoms with E-state index >= 15 is 0 Å². The molecule has 0 fully saturated rings. The highest BCUT2D eigenvalue weighted by Crippen LogP contribution is 2.07. The molecule has 144 valence electrons. The second-order valence-electron chi connectivity index (χ2n) is 5.74. The predicted molar refractivity (Wildman–Crippen MR) is 113 cm³/mol. The lowest BCUT2D eigenvalue weighted by atomic mass is 10.2. The summed E-state index contributed by atoms with van der Waals surface area (Å²) in [6.45, 7) is 5.21. The molecule has 0 saturated carbocycles. The number of halogens is 1. The number of rotatable bonds is 9. The number of hydrogen-bond donors (Lipinski definition) is 2. The van der Waals surface area contributed by atoms with Crippen molar-refractivity contribution in [2.75, 3.05) is 25.7 Å². The van der Waals surface area contributed by atoms with E-state index in [4.69, 9.17) is 4.74 Å². The van der Waals surface area contributed by atoms with Gasteiger partial charge in [-0.15, -0.1) is 24.0 Å². The molecule has 0 aromatic carbocycles. The van der Waals surface area contributed by atoms with Crippen LogP contribution in [0.3, 0.4) is 0 Å². The molecular weight excluding hydrogens is 455 g/mol. The Bertz CT molecular complexity index is 621. The quantitative estimate of drug-likeness (QED) is 0.317. The molecule has 1 aromatic rings. The first-order valence-electron chi connectivity index (χ1n) is 8.06. The molecule has 0 bridgehead atoms. The maximum Gasteiger partial charge on any atom is 0.213 e. The van der Waals surface area contributed by atoms with Crippen molar-refractivity contribution in [3.05, 3.63) is 23.9 Å². The van der Waals surface area contributed by atoms with Gasteiger partial charge in [0.2, 0.25) is 5.88 Å². The maximum atomic E-state index is 11.2. The van der Waals surface area contributed by atoms with E-state index in [0.29, 0.717) is 31.4 Å². The van der Waals surface area contributed by atoms with Crippen molar-refractivity contribution in [3.63, 3.8) is 0 Å². The van der Waals surface area contributed by atoms with Gasteiger partial charge >= 0.3 is 0 Å². The Balaban J connectivity index is 0.00000576. The van der Waals surface area contributed by atoms with Crippen molar-refractivity contribution in [1.29, 1.82) is 0 Å². The van der Waals surface area contributed by atoms with Crippen LogP contribution >= 0.6 is 24.0 Å². The summed E-state index contributed by atoms with van der Waals surface area (Å²) in [5.74, 6) is 1.40. The molecule has 0 aliphatic heterocycles. The number of guanidine groups is 1. The van der Waals surface area contributed by atoms with Crippen LogP contribution in [0.4, 0.5) is 0 Å². The smallest absolute Gasteiger partial charge is 0.213 e. The zero-order valence-electron chi connectivity index (χ0n) is 15.3. The molecule has 1 aromatic heterocycles. The van der Waals surface area contributed by atoms with Crippen molar-refractivity contribution < 1.29 is 13.2 Å². The summed E-state index contributed by atoms with van der Waals surface area (Å²) < 4.78 is 27.9. The zero-order chi connectivity index (χ0) is 18.0. The minimum Gasteiger partial charge on any atom is -0.478 e. The van der Waals surface area contributed by atoms with Gasteiger partial charge in [-0.3, -0.25) is 4.99 Å². The van der Waals surface area contributed by atoms with Crippen molar-refractivity contribution in [2.24, 2.45) is 4.99 Å². The molecule has 0 amide bonds. The van der Waals surface area contributed by atoms with Gasteiger partial charge < -0.3 is 15.4 Å². The van der Waals surface area contributed by atoms with Crippen LogP contribution in [-0.4, -0.2) is 51.1 Å². The van der Waals surface area contributed by atoms with Crippen molar-refractivity contribution >= 4 is 39.8 Å². The largest absolute Gasteiger partial charge is 0.478 e. The molecule has 1 rings (SSSR count). The zero-order valence-corrected chi connectivity index (χ0v) is 18.4. The van der Waals surface area contributed by atoms with Crippen molar-refractivity contribution in [1.82, 2.24) is 15.6 Å². The number of nitrogens with one attached hydrogen (secondary N) is 2. The fourth-order valence-electron chi connectivity index (χ4n) is 1.88. The lowest BCUT2D eigenvalue weighted by molar-refractivity contribution is 0.305. The van der Waals surface area contributed by atoms with Crippen LogP contribution in [0.1, 0.15) is 32.3 Å². The van der Waals surface area contributed by atoms with E-state index in [1.165, 1.54) is 6.26 Å². The van der Waals surface area contributed by atoms with Gasteiger partial charge in [-0.25, -0.2) is 13.4 Å². The van der Waals surface area contributed by atoms with Crippen molar-refractivity contribution in [3.8, 4) is 5.88 Å². The lowest BCUT2D eigenvalue weighted by Crippen LogP contribution is -2.42. The average Bonchev–Trinajstić information content (AvgIpc) is 2.55. The molecular formula is C16H29IN4O3S. The molecule has 9 heteroatoms. The van der Waals surface area contributed by atoms with Gasteiger partial charge in [0.1, 0.15) is 9.84 Å². The Morgan fingerprint density at radius 3 is 2.64 bits per heavy atom. The Morgan fingerprint density at radius 1 is 1.40 bits per heavy atom. The van der Waals surface area contributed by atoms with Crippen LogP contribution in [0, 0.1) is 0 Å². The van der Waals surface area contributed by atoms with E-state index in [0.717, 1.165) is 12.0 Å². The second kappa shape index (κ2) is 12.3. The fourth-order valence-corrected chi connectivity index (χ4v) is 2.67. The van der Waals surface area contributed by atoms with E-state index in [-0.39, 0.29) is 35.8 Å². The molecule has 25 heavy (non-hydrogen) atoms. The summed E-state index contributed by atoms with van der Waals surface area (Å²) in [6, 6.07) is 3.80. The molecule has 7 nitrogen and oxygen atoms in total. The minimum atomic E-state index is -2.95. The van der Waals surface area contributed by atoms with Gasteiger partial charge in [-0.1, -0.05) is 13.0 Å². The third kappa shape index (κ3) is 11.2. The fraction of sp³-hybridized carbons (Fsp3) is 0.625. The summed E-state index contributed by atoms with van der Waals surface area (Å²) in [4.78, 5) is 8.39. The average molecular weight is 484 g/mol. The highest BCUT2D eigenvalue weighted by atomic mass is 127. The van der Waals surface area contributed by atoms with Gasteiger partial charge in [-0.2, -0.15) is 0 Å². The van der Waals surface area contributed by atoms with Gasteiger partial charge in [0.05, 0.1) is 12.4 Å². The van der Waals surface area contributed by atoms with E-state index in [9.17, 15) is 8.42 Å². The number of aliphatic imine (C=N–C) groups is 1. The second-order valence-corrected chi connectivity index (χ2v) is 8.00. The van der Waals surface area contributed by atoms with Gasteiger partial charge in [0, 0.05) is 38.2 Å². The normalized spacial score (nSPS) is 12.9. The number of pyridine rings is 1. The minimum absolute atomic E-state index is 0. The summed E-state index contributed by atoms with van der Waals surface area (Å²) in [6.07, 6.45) is 4.49. The molecule has 2 N–H and O–H groups in total. The Labute approximate surface area is 168 Å². The molecule has 1 unspecified atom stereocenters. The molecule has 0 aliphatic carbocycles. The highest BCUT2D eigenvalue weighted by Gasteiger charge is 2.09. The summed E-state index contributed by atoms with van der Waals surface area (Å²) in [5.41, 5.74) is 1.01. The Kier molecular flexibility index (Phi) is 11.7. The molecule has 0 saturated heterocycles. The standard InChI is InChI=1S/C16H28N4O3S.HI/c1-5-9-23-15-7-6-14(11-18-15)12-19-16(17-3)20-13(2)8-10-24(4,21)22;/h6-7,11,13H,5,8-10,12H2,1-4H3,(H2,17,19,20);1H. The number of sulfone groups is 1. The first-order valence-corrected chi connectivity index (χ1v) is 10.1. The predicted octanol–water partition coefficient (Wildman–Crippen LogP) is 1.98. The van der Waals surface area contributed by atoms with Gasteiger partial charge in [0.15, 0.2) is 5.96 Å². The van der Waals surface area contributed by atoms with E-state index in [2.05, 4.69) is 20.6 Å². The number of aromatic nitrogens is 1. The highest BCUT2D eigenvalue weighted by molar-refractivity contribution is 14.0. The monoisotopic (exact) mass is 484 g/mol. The Morgan fingerprint density at radius 2 is 2.12 bits per heavy atom. The van der Waals surface area contributed by atoms with Crippen LogP contribution in [0.2, 0.25) is 0 Å². The van der Waals surface area contributed by atoms with Crippen molar-refractivity contribution in [2.45, 2.75) is 39.3 Å². The van der Waals surface area contributed by atoms with E-state index in [1.54, 1.807) is 13.2 Å². The van der Waals surface area contributed by atoms with Crippen LogP contribution < -0.4 is 15.4 Å². The van der Waals surface area contributed by atoms with Gasteiger partial charge in [0.25, 0.3) is 0 Å². The van der Waals surface area contributed by atoms with E-state index < -0.39 is 9.84 Å². The number of nitrogens with zero attached hydrogens (tertiary/aromatic N) is 2. The topological polar surface area (TPSA) is 92.7 Å². The molecule has 1 heterocycles. The summed E-state index contributed by atoms with van der Waals surface area (Å²) in [7, 11) is -1.27. The van der Waals surface area contributed by atoms with Gasteiger partial charge in [-0.05, 0) is 25.3 Å². The molecule has 0 spiro atoms. The first kappa shape index (κ1) is 23.9. The van der Waals surface area contributed by atoms with Crippen LogP contribution in [0.25, 0.3) is 0 Å². The molecule has 1 atom stereocenters. The summed E-state index contributed by atoms with van der Waals surface area (Å²) in [5, 5.41) is 6.36. The third-order valence-corrected chi connectivity index (χ3v) is 4.22. The first-order chi connectivity index (χ1) is 11.3. The van der Waals surface area contributed by atoms with Crippen LogP contribution in [-0.2, 0) is 16.4 Å². The molecule has 0 aliphatic rings. The summed E-state index contributed by atoms with van der Waals surface area (Å²) >= 11 is 0. The molecule has 0 radical (unpaired) electrons. The van der Waals surface area contributed by atoms with Crippen LogP contribution in [0.15, 0.2) is 23.3 Å². The Hall–Kier alpha value is -1.10. The SMILES string of the molecule is CCCOc1ccc(CNC(=NC)NC(C)CCS(C)(=O)=O)cn1.I. The maximum absolute atomic E-state index is 11.2. The third-order valence-electron chi connectivity index (χ3n) is 3.24. The van der Waals surface area contributed by atoms with E-state index in [1.807, 2.05) is 26.0 Å². The number of ether oxygens (including phenoxy) is 1. The lowest BCUT2D eigenvalue weighted by Gasteiger charge is -2.17.